The standard InChI is InChI=1S/C16H27N5/c1-4-5-13-14-15(20(3)19-13)21(16(17)18-14)10-12-8-6-11(2)7-9-12/h11-12H,4-10H2,1-3H3,(H2,17,18). The van der Waals surface area contributed by atoms with E-state index in [-0.39, 0.29) is 0 Å². The summed E-state index contributed by atoms with van der Waals surface area (Å²) in [6, 6.07) is 0. The molecule has 0 unspecified atom stereocenters. The molecule has 0 aliphatic heterocycles. The van der Waals surface area contributed by atoms with E-state index in [1.807, 2.05) is 11.7 Å². The summed E-state index contributed by atoms with van der Waals surface area (Å²) in [5.41, 5.74) is 9.36. The van der Waals surface area contributed by atoms with Crippen LogP contribution in [0.5, 0.6) is 0 Å². The number of nitrogen functional groups attached to an aromatic ring is 1. The van der Waals surface area contributed by atoms with Gasteiger partial charge in [-0.05, 0) is 31.1 Å². The zero-order chi connectivity index (χ0) is 15.0. The van der Waals surface area contributed by atoms with Gasteiger partial charge < -0.3 is 5.73 Å². The van der Waals surface area contributed by atoms with Crippen LogP contribution in [-0.4, -0.2) is 19.3 Å². The van der Waals surface area contributed by atoms with Gasteiger partial charge in [-0.2, -0.15) is 5.10 Å². The van der Waals surface area contributed by atoms with Crippen LogP contribution in [0.15, 0.2) is 0 Å². The topological polar surface area (TPSA) is 61.7 Å². The van der Waals surface area contributed by atoms with E-state index in [1.165, 1.54) is 25.7 Å². The van der Waals surface area contributed by atoms with Crippen molar-refractivity contribution in [3.63, 3.8) is 0 Å². The molecule has 1 fully saturated rings. The van der Waals surface area contributed by atoms with E-state index in [0.717, 1.165) is 48.1 Å². The first-order valence-corrected chi connectivity index (χ1v) is 8.27. The predicted octanol–water partition coefficient (Wildman–Crippen LogP) is 3.13. The quantitative estimate of drug-likeness (QED) is 0.940. The van der Waals surface area contributed by atoms with Gasteiger partial charge in [-0.3, -0.25) is 9.25 Å². The van der Waals surface area contributed by atoms with E-state index in [0.29, 0.717) is 5.95 Å². The summed E-state index contributed by atoms with van der Waals surface area (Å²) in [6.07, 6.45) is 7.35. The number of hydrogen-bond acceptors (Lipinski definition) is 3. The second kappa shape index (κ2) is 5.70. The normalized spacial score (nSPS) is 23.0. The molecule has 2 aromatic rings. The molecule has 0 radical (unpaired) electrons. The molecule has 116 valence electrons. The van der Waals surface area contributed by atoms with Crippen molar-refractivity contribution in [1.29, 1.82) is 0 Å². The molecule has 5 heteroatoms. The molecule has 2 N–H and O–H groups in total. The third kappa shape index (κ3) is 2.65. The number of aryl methyl sites for hydroxylation is 2. The average molecular weight is 289 g/mol. The first-order chi connectivity index (χ1) is 10.1. The maximum absolute atomic E-state index is 6.19. The fourth-order valence-electron chi connectivity index (χ4n) is 3.61. The Morgan fingerprint density at radius 2 is 1.95 bits per heavy atom. The molecule has 1 aliphatic carbocycles. The van der Waals surface area contributed by atoms with E-state index in [9.17, 15) is 0 Å². The Morgan fingerprint density at radius 1 is 1.24 bits per heavy atom. The fraction of sp³-hybridized carbons (Fsp3) is 0.750. The summed E-state index contributed by atoms with van der Waals surface area (Å²) < 4.78 is 4.14. The van der Waals surface area contributed by atoms with Crippen molar-refractivity contribution in [2.75, 3.05) is 5.73 Å². The zero-order valence-electron chi connectivity index (χ0n) is 13.5. The lowest BCUT2D eigenvalue weighted by atomic mass is 9.83. The number of anilines is 1. The molecule has 0 spiro atoms. The van der Waals surface area contributed by atoms with Crippen LogP contribution >= 0.6 is 0 Å². The minimum Gasteiger partial charge on any atom is -0.369 e. The predicted molar refractivity (Wildman–Crippen MR) is 86.0 cm³/mol. The second-order valence-corrected chi connectivity index (χ2v) is 6.70. The van der Waals surface area contributed by atoms with E-state index < -0.39 is 0 Å². The van der Waals surface area contributed by atoms with Gasteiger partial charge >= 0.3 is 0 Å². The van der Waals surface area contributed by atoms with Crippen molar-refractivity contribution in [1.82, 2.24) is 19.3 Å². The first kappa shape index (κ1) is 14.4. The van der Waals surface area contributed by atoms with Gasteiger partial charge in [0.1, 0.15) is 5.52 Å². The Balaban J connectivity index is 1.89. The van der Waals surface area contributed by atoms with Crippen LogP contribution in [0.25, 0.3) is 11.2 Å². The van der Waals surface area contributed by atoms with E-state index in [4.69, 9.17) is 5.73 Å². The van der Waals surface area contributed by atoms with Crippen LogP contribution < -0.4 is 5.73 Å². The maximum Gasteiger partial charge on any atom is 0.202 e. The molecular formula is C16H27N5. The van der Waals surface area contributed by atoms with Crippen LogP contribution in [0.1, 0.15) is 51.6 Å². The summed E-state index contributed by atoms with van der Waals surface area (Å²) in [7, 11) is 2.00. The Labute approximate surface area is 126 Å². The maximum atomic E-state index is 6.19. The Hall–Kier alpha value is -1.52. The van der Waals surface area contributed by atoms with Crippen LogP contribution in [0.2, 0.25) is 0 Å². The summed E-state index contributed by atoms with van der Waals surface area (Å²) >= 11 is 0. The Bertz CT molecular complexity index is 616. The average Bonchev–Trinajstić information content (AvgIpc) is 2.92. The number of rotatable bonds is 4. The molecule has 0 bridgehead atoms. The van der Waals surface area contributed by atoms with Gasteiger partial charge in [0.15, 0.2) is 5.65 Å². The highest BCUT2D eigenvalue weighted by Crippen LogP contribution is 2.31. The number of nitrogens with two attached hydrogens (primary N) is 1. The van der Waals surface area contributed by atoms with Crippen molar-refractivity contribution in [2.24, 2.45) is 18.9 Å². The molecule has 2 heterocycles. The molecule has 0 aromatic carbocycles. The highest BCUT2D eigenvalue weighted by molar-refractivity contribution is 5.77. The van der Waals surface area contributed by atoms with E-state index in [2.05, 4.69) is 28.5 Å². The van der Waals surface area contributed by atoms with Gasteiger partial charge in [0.2, 0.25) is 5.95 Å². The summed E-state index contributed by atoms with van der Waals surface area (Å²) in [6.45, 7) is 5.52. The van der Waals surface area contributed by atoms with Crippen molar-refractivity contribution < 1.29 is 0 Å². The molecule has 5 nitrogen and oxygen atoms in total. The Morgan fingerprint density at radius 3 is 2.62 bits per heavy atom. The summed E-state index contributed by atoms with van der Waals surface area (Å²) in [5, 5.41) is 4.62. The number of aromatic nitrogens is 4. The molecule has 2 aromatic heterocycles. The molecule has 3 rings (SSSR count). The highest BCUT2D eigenvalue weighted by Gasteiger charge is 2.23. The largest absolute Gasteiger partial charge is 0.369 e. The van der Waals surface area contributed by atoms with Gasteiger partial charge in [0.25, 0.3) is 0 Å². The number of imidazole rings is 1. The van der Waals surface area contributed by atoms with Gasteiger partial charge in [0, 0.05) is 13.6 Å². The number of nitrogens with zero attached hydrogens (tertiary/aromatic N) is 4. The molecule has 0 saturated heterocycles. The Kier molecular flexibility index (Phi) is 3.91. The minimum absolute atomic E-state index is 0.647. The van der Waals surface area contributed by atoms with Gasteiger partial charge in [0.05, 0.1) is 5.69 Å². The van der Waals surface area contributed by atoms with Crippen molar-refractivity contribution in [2.45, 2.75) is 58.9 Å². The lowest BCUT2D eigenvalue weighted by Gasteiger charge is -2.26. The zero-order valence-corrected chi connectivity index (χ0v) is 13.5. The monoisotopic (exact) mass is 289 g/mol. The van der Waals surface area contributed by atoms with Crippen molar-refractivity contribution in [3.05, 3.63) is 5.69 Å². The SMILES string of the molecule is CCCc1nn(C)c2c1nc(N)n2CC1CCC(C)CC1. The van der Waals surface area contributed by atoms with E-state index >= 15 is 0 Å². The van der Waals surface area contributed by atoms with Crippen LogP contribution in [0.3, 0.4) is 0 Å². The lowest BCUT2D eigenvalue weighted by Crippen LogP contribution is -2.19. The van der Waals surface area contributed by atoms with E-state index in [1.54, 1.807) is 0 Å². The van der Waals surface area contributed by atoms with Crippen molar-refractivity contribution in [3.8, 4) is 0 Å². The molecule has 0 atom stereocenters. The third-order valence-electron chi connectivity index (χ3n) is 4.88. The smallest absolute Gasteiger partial charge is 0.202 e. The lowest BCUT2D eigenvalue weighted by molar-refractivity contribution is 0.267. The fourth-order valence-corrected chi connectivity index (χ4v) is 3.61. The van der Waals surface area contributed by atoms with Crippen molar-refractivity contribution >= 4 is 17.1 Å². The minimum atomic E-state index is 0.647. The van der Waals surface area contributed by atoms with Crippen LogP contribution in [-0.2, 0) is 20.0 Å². The third-order valence-corrected chi connectivity index (χ3v) is 4.88. The van der Waals surface area contributed by atoms with Gasteiger partial charge in [-0.1, -0.05) is 33.1 Å². The molecule has 1 aliphatic rings. The molecule has 1 saturated carbocycles. The second-order valence-electron chi connectivity index (χ2n) is 6.70. The summed E-state index contributed by atoms with van der Waals surface area (Å²) in [4.78, 5) is 4.59. The molecule has 21 heavy (non-hydrogen) atoms. The van der Waals surface area contributed by atoms with Crippen LogP contribution in [0, 0.1) is 11.8 Å². The molecular weight excluding hydrogens is 262 g/mol. The first-order valence-electron chi connectivity index (χ1n) is 8.27. The molecule has 0 amide bonds. The van der Waals surface area contributed by atoms with Gasteiger partial charge in [-0.15, -0.1) is 0 Å². The van der Waals surface area contributed by atoms with Gasteiger partial charge in [-0.25, -0.2) is 4.98 Å². The number of fused-ring (bicyclic) bond motifs is 1. The number of hydrogen-bond donors (Lipinski definition) is 1. The highest BCUT2D eigenvalue weighted by atomic mass is 15.3. The van der Waals surface area contributed by atoms with Crippen LogP contribution in [0.4, 0.5) is 5.95 Å². The summed E-state index contributed by atoms with van der Waals surface area (Å²) in [5.74, 6) is 2.26.